The van der Waals surface area contributed by atoms with Gasteiger partial charge >= 0.3 is 0 Å². The van der Waals surface area contributed by atoms with Gasteiger partial charge in [0.25, 0.3) is 0 Å². The lowest BCUT2D eigenvalue weighted by Crippen LogP contribution is -2.05. The van der Waals surface area contributed by atoms with E-state index in [0.717, 1.165) is 5.52 Å². The van der Waals surface area contributed by atoms with Gasteiger partial charge in [-0.1, -0.05) is 0 Å². The Balaban J connectivity index is 2.78. The van der Waals surface area contributed by atoms with E-state index in [2.05, 4.69) is 23.8 Å². The van der Waals surface area contributed by atoms with Crippen LogP contribution in [-0.2, 0) is 0 Å². The van der Waals surface area contributed by atoms with Gasteiger partial charge in [-0.3, -0.25) is 0 Å². The van der Waals surface area contributed by atoms with E-state index in [1.165, 1.54) is 0 Å². The van der Waals surface area contributed by atoms with Crippen molar-refractivity contribution in [3.8, 4) is 0 Å². The summed E-state index contributed by atoms with van der Waals surface area (Å²) in [5.41, 5.74) is 7.48. The first-order valence-corrected chi connectivity index (χ1v) is 4.28. The van der Waals surface area contributed by atoms with Crippen LogP contribution in [0.25, 0.3) is 11.2 Å². The summed E-state index contributed by atoms with van der Waals surface area (Å²) < 4.78 is 1.97. The van der Waals surface area contributed by atoms with E-state index >= 15 is 0 Å². The van der Waals surface area contributed by atoms with E-state index in [1.54, 1.807) is 6.20 Å². The van der Waals surface area contributed by atoms with Crippen molar-refractivity contribution in [1.82, 2.24) is 14.5 Å². The molecule has 0 bridgehead atoms. The van der Waals surface area contributed by atoms with Crippen molar-refractivity contribution in [3.05, 3.63) is 18.3 Å². The third-order valence-electron chi connectivity index (χ3n) is 2.01. The van der Waals surface area contributed by atoms with E-state index in [9.17, 15) is 0 Å². The van der Waals surface area contributed by atoms with Crippen LogP contribution in [0.3, 0.4) is 0 Å². The summed E-state index contributed by atoms with van der Waals surface area (Å²) in [6.07, 6.45) is 1.72. The topological polar surface area (TPSA) is 56.7 Å². The highest BCUT2D eigenvalue weighted by Crippen LogP contribution is 2.19. The highest BCUT2D eigenvalue weighted by molar-refractivity contribution is 5.74. The van der Waals surface area contributed by atoms with Gasteiger partial charge in [0, 0.05) is 12.2 Å². The summed E-state index contributed by atoms with van der Waals surface area (Å²) in [6.45, 7) is 4.15. The molecule has 0 aliphatic carbocycles. The van der Waals surface area contributed by atoms with Gasteiger partial charge in [0.2, 0.25) is 5.95 Å². The molecule has 0 radical (unpaired) electrons. The van der Waals surface area contributed by atoms with E-state index in [1.807, 2.05) is 16.7 Å². The Labute approximate surface area is 76.4 Å². The minimum atomic E-state index is 0.314. The van der Waals surface area contributed by atoms with Crippen molar-refractivity contribution in [3.63, 3.8) is 0 Å². The second-order valence-electron chi connectivity index (χ2n) is 3.28. The van der Waals surface area contributed by atoms with Gasteiger partial charge in [0.15, 0.2) is 5.65 Å². The fraction of sp³-hybridized carbons (Fsp3) is 0.333. The smallest absolute Gasteiger partial charge is 0.203 e. The number of anilines is 1. The van der Waals surface area contributed by atoms with Crippen LogP contribution in [0.2, 0.25) is 0 Å². The van der Waals surface area contributed by atoms with Crippen LogP contribution in [0, 0.1) is 0 Å². The average molecular weight is 176 g/mol. The molecular formula is C9H12N4. The second kappa shape index (κ2) is 2.73. The Morgan fingerprint density at radius 1 is 1.46 bits per heavy atom. The van der Waals surface area contributed by atoms with Crippen LogP contribution < -0.4 is 5.73 Å². The van der Waals surface area contributed by atoms with Gasteiger partial charge in [-0.2, -0.15) is 4.98 Å². The molecule has 2 aromatic rings. The summed E-state index contributed by atoms with van der Waals surface area (Å²) >= 11 is 0. The van der Waals surface area contributed by atoms with Gasteiger partial charge in [-0.05, 0) is 26.0 Å². The number of nitrogen functional groups attached to an aromatic ring is 1. The van der Waals surface area contributed by atoms with Crippen LogP contribution in [0.4, 0.5) is 5.95 Å². The maximum Gasteiger partial charge on any atom is 0.203 e. The predicted octanol–water partition coefficient (Wildman–Crippen LogP) is 1.59. The van der Waals surface area contributed by atoms with Crippen LogP contribution >= 0.6 is 0 Å². The van der Waals surface area contributed by atoms with Crippen molar-refractivity contribution < 1.29 is 0 Å². The monoisotopic (exact) mass is 176 g/mol. The molecule has 0 aromatic carbocycles. The van der Waals surface area contributed by atoms with Gasteiger partial charge in [-0.25, -0.2) is 4.98 Å². The molecule has 0 fully saturated rings. The Kier molecular flexibility index (Phi) is 1.69. The molecule has 13 heavy (non-hydrogen) atoms. The number of hydrogen-bond acceptors (Lipinski definition) is 3. The van der Waals surface area contributed by atoms with Crippen molar-refractivity contribution >= 4 is 17.1 Å². The molecule has 0 spiro atoms. The standard InChI is InChI=1S/C9H12N4/c1-6(2)13-7-4-3-5-11-8(7)12-9(13)10/h3-6H,1-2H3,(H2,10,11,12). The molecule has 4 nitrogen and oxygen atoms in total. The zero-order valence-electron chi connectivity index (χ0n) is 7.73. The summed E-state index contributed by atoms with van der Waals surface area (Å²) in [5.74, 6) is 0.531. The molecule has 2 N–H and O–H groups in total. The first-order chi connectivity index (χ1) is 6.20. The lowest BCUT2D eigenvalue weighted by Gasteiger charge is -2.09. The van der Waals surface area contributed by atoms with Gasteiger partial charge in [-0.15, -0.1) is 0 Å². The van der Waals surface area contributed by atoms with E-state index in [-0.39, 0.29) is 0 Å². The number of hydrogen-bond donors (Lipinski definition) is 1. The Bertz CT molecular complexity index is 430. The molecule has 0 saturated heterocycles. The number of nitrogens with two attached hydrogens (primary N) is 1. The molecule has 0 unspecified atom stereocenters. The number of aromatic nitrogens is 3. The van der Waals surface area contributed by atoms with Crippen LogP contribution in [0.1, 0.15) is 19.9 Å². The Morgan fingerprint density at radius 3 is 2.92 bits per heavy atom. The van der Waals surface area contributed by atoms with E-state index in [0.29, 0.717) is 17.6 Å². The fourth-order valence-corrected chi connectivity index (χ4v) is 1.49. The Morgan fingerprint density at radius 2 is 2.23 bits per heavy atom. The summed E-state index contributed by atoms with van der Waals surface area (Å²) in [6, 6.07) is 4.18. The van der Waals surface area contributed by atoms with Crippen LogP contribution in [0.15, 0.2) is 18.3 Å². The van der Waals surface area contributed by atoms with Gasteiger partial charge < -0.3 is 10.3 Å². The van der Waals surface area contributed by atoms with E-state index < -0.39 is 0 Å². The lowest BCUT2D eigenvalue weighted by atomic mass is 10.3. The molecule has 2 heterocycles. The third-order valence-corrected chi connectivity index (χ3v) is 2.01. The quantitative estimate of drug-likeness (QED) is 0.717. The molecule has 0 amide bonds. The van der Waals surface area contributed by atoms with Gasteiger partial charge in [0.1, 0.15) is 0 Å². The van der Waals surface area contributed by atoms with Crippen LogP contribution in [0.5, 0.6) is 0 Å². The molecule has 0 atom stereocenters. The molecule has 0 aliphatic heterocycles. The molecule has 2 aromatic heterocycles. The zero-order chi connectivity index (χ0) is 9.42. The number of imidazole rings is 1. The normalized spacial score (nSPS) is 11.3. The third kappa shape index (κ3) is 1.14. The summed E-state index contributed by atoms with van der Waals surface area (Å²) in [5, 5.41) is 0. The first kappa shape index (κ1) is 8.04. The van der Waals surface area contributed by atoms with Gasteiger partial charge in [0.05, 0.1) is 5.52 Å². The minimum absolute atomic E-state index is 0.314. The maximum absolute atomic E-state index is 5.77. The summed E-state index contributed by atoms with van der Waals surface area (Å²) in [7, 11) is 0. The molecule has 68 valence electrons. The van der Waals surface area contributed by atoms with Crippen molar-refractivity contribution in [2.75, 3.05) is 5.73 Å². The number of pyridine rings is 1. The Hall–Kier alpha value is -1.58. The average Bonchev–Trinajstić information content (AvgIpc) is 2.39. The molecule has 0 aliphatic rings. The number of nitrogens with zero attached hydrogens (tertiary/aromatic N) is 3. The SMILES string of the molecule is CC(C)n1c(N)nc2ncccc21. The van der Waals surface area contributed by atoms with Crippen molar-refractivity contribution in [1.29, 1.82) is 0 Å². The van der Waals surface area contributed by atoms with Crippen molar-refractivity contribution in [2.24, 2.45) is 0 Å². The zero-order valence-corrected chi connectivity index (χ0v) is 7.73. The highest BCUT2D eigenvalue weighted by atomic mass is 15.2. The maximum atomic E-state index is 5.77. The lowest BCUT2D eigenvalue weighted by molar-refractivity contribution is 0.627. The minimum Gasteiger partial charge on any atom is -0.369 e. The molecular weight excluding hydrogens is 164 g/mol. The molecule has 4 heteroatoms. The second-order valence-corrected chi connectivity index (χ2v) is 3.28. The number of rotatable bonds is 1. The van der Waals surface area contributed by atoms with Crippen molar-refractivity contribution in [2.45, 2.75) is 19.9 Å². The molecule has 0 saturated carbocycles. The predicted molar refractivity (Wildman–Crippen MR) is 52.3 cm³/mol. The fourth-order valence-electron chi connectivity index (χ4n) is 1.49. The first-order valence-electron chi connectivity index (χ1n) is 4.28. The number of fused-ring (bicyclic) bond motifs is 1. The van der Waals surface area contributed by atoms with Crippen LogP contribution in [-0.4, -0.2) is 14.5 Å². The highest BCUT2D eigenvalue weighted by Gasteiger charge is 2.09. The molecule has 2 rings (SSSR count). The summed E-state index contributed by atoms with van der Waals surface area (Å²) in [4.78, 5) is 8.30. The van der Waals surface area contributed by atoms with E-state index in [4.69, 9.17) is 5.73 Å². The largest absolute Gasteiger partial charge is 0.369 e.